The third-order valence-electron chi connectivity index (χ3n) is 2.95. The predicted octanol–water partition coefficient (Wildman–Crippen LogP) is 4.50. The number of hydrogen-bond donors (Lipinski definition) is 0. The zero-order chi connectivity index (χ0) is 13.1. The summed E-state index contributed by atoms with van der Waals surface area (Å²) in [5, 5.41) is 0. The van der Waals surface area contributed by atoms with Crippen LogP contribution in [0.3, 0.4) is 0 Å². The summed E-state index contributed by atoms with van der Waals surface area (Å²) >= 11 is -2.06. The van der Waals surface area contributed by atoms with E-state index in [-0.39, 0.29) is 5.41 Å². The Labute approximate surface area is 110 Å². The maximum absolute atomic E-state index is 4.30. The fraction of sp³-hybridized carbons (Fsp3) is 0.375. The van der Waals surface area contributed by atoms with Crippen molar-refractivity contribution in [3.05, 3.63) is 46.1 Å². The first-order valence-corrected chi connectivity index (χ1v) is 16.0. The van der Waals surface area contributed by atoms with Crippen molar-refractivity contribution in [3.63, 3.8) is 0 Å². The SMILES string of the molecule is C=[C](C(C)(C)C#Cc1ccccc1)[Sn]([CH3])([CH3])[CH3]. The quantitative estimate of drug-likeness (QED) is 0.552. The fourth-order valence-electron chi connectivity index (χ4n) is 1.76. The van der Waals surface area contributed by atoms with Crippen molar-refractivity contribution in [2.75, 3.05) is 0 Å². The number of allylic oxidation sites excluding steroid dienone is 1. The maximum atomic E-state index is 4.30. The van der Waals surface area contributed by atoms with Crippen molar-refractivity contribution in [1.82, 2.24) is 0 Å². The third-order valence-corrected chi connectivity index (χ3v) is 9.90. The molecule has 0 saturated carbocycles. The molecule has 1 aromatic carbocycles. The van der Waals surface area contributed by atoms with Gasteiger partial charge in [0, 0.05) is 0 Å². The number of hydrogen-bond acceptors (Lipinski definition) is 0. The Morgan fingerprint density at radius 1 is 1.12 bits per heavy atom. The molecule has 0 saturated heterocycles. The minimum absolute atomic E-state index is 0.0653. The van der Waals surface area contributed by atoms with E-state index in [9.17, 15) is 0 Å². The minimum atomic E-state index is -2.06. The molecule has 0 aliphatic carbocycles. The van der Waals surface area contributed by atoms with Gasteiger partial charge in [0.05, 0.1) is 0 Å². The summed E-state index contributed by atoms with van der Waals surface area (Å²) in [6, 6.07) is 10.2. The second kappa shape index (κ2) is 5.31. The molecule has 0 radical (unpaired) electrons. The van der Waals surface area contributed by atoms with E-state index < -0.39 is 18.4 Å². The molecule has 90 valence electrons. The van der Waals surface area contributed by atoms with Gasteiger partial charge in [-0.15, -0.1) is 0 Å². The standard InChI is InChI=1S/C13H13.3CH3.Sn/c1-4-13(2,3)11-10-12-8-6-5-7-9-12;;;;/h5-9H,1H2,2-3H3;3*1H3;. The average molecular weight is 333 g/mol. The predicted molar refractivity (Wildman–Crippen MR) is 79.6 cm³/mol. The van der Waals surface area contributed by atoms with E-state index in [1.54, 1.807) is 0 Å². The molecule has 17 heavy (non-hydrogen) atoms. The molecule has 0 atom stereocenters. The molecule has 0 aliphatic rings. The molecule has 0 unspecified atom stereocenters. The zero-order valence-electron chi connectivity index (χ0n) is 11.6. The zero-order valence-corrected chi connectivity index (χ0v) is 14.4. The van der Waals surface area contributed by atoms with Crippen LogP contribution in [-0.2, 0) is 0 Å². The van der Waals surface area contributed by atoms with Crippen LogP contribution in [0.15, 0.2) is 40.5 Å². The van der Waals surface area contributed by atoms with Crippen LogP contribution in [0.1, 0.15) is 19.4 Å². The Balaban J connectivity index is 2.95. The van der Waals surface area contributed by atoms with Crippen molar-refractivity contribution < 1.29 is 0 Å². The molecule has 1 heteroatoms. The van der Waals surface area contributed by atoms with Crippen LogP contribution < -0.4 is 0 Å². The molecule has 0 amide bonds. The van der Waals surface area contributed by atoms with Gasteiger partial charge in [-0.25, -0.2) is 0 Å². The van der Waals surface area contributed by atoms with E-state index in [1.165, 1.54) is 3.59 Å². The van der Waals surface area contributed by atoms with E-state index in [0.29, 0.717) is 0 Å². The molecular formula is C16H22Sn. The second-order valence-electron chi connectivity index (χ2n) is 5.97. The van der Waals surface area contributed by atoms with Gasteiger partial charge >= 0.3 is 110 Å². The van der Waals surface area contributed by atoms with Crippen LogP contribution in [0, 0.1) is 17.3 Å². The topological polar surface area (TPSA) is 0 Å². The average Bonchev–Trinajstić information content (AvgIpc) is 2.26. The summed E-state index contributed by atoms with van der Waals surface area (Å²) in [5.41, 5.74) is 1.02. The van der Waals surface area contributed by atoms with E-state index in [4.69, 9.17) is 0 Å². The first-order valence-electron chi connectivity index (χ1n) is 6.01. The van der Waals surface area contributed by atoms with E-state index in [1.807, 2.05) is 30.3 Å². The number of benzene rings is 1. The third kappa shape index (κ3) is 4.24. The Morgan fingerprint density at radius 2 is 1.65 bits per heavy atom. The Morgan fingerprint density at radius 3 is 2.12 bits per heavy atom. The van der Waals surface area contributed by atoms with Gasteiger partial charge in [-0.2, -0.15) is 0 Å². The fourth-order valence-corrected chi connectivity index (χ4v) is 7.29. The van der Waals surface area contributed by atoms with Gasteiger partial charge in [0.2, 0.25) is 0 Å². The first kappa shape index (κ1) is 14.4. The van der Waals surface area contributed by atoms with Gasteiger partial charge in [-0.05, 0) is 0 Å². The van der Waals surface area contributed by atoms with Crippen molar-refractivity contribution in [2.24, 2.45) is 5.41 Å². The van der Waals surface area contributed by atoms with Gasteiger partial charge in [-0.1, -0.05) is 0 Å². The van der Waals surface area contributed by atoms with Crippen LogP contribution in [0.5, 0.6) is 0 Å². The molecule has 0 nitrogen and oxygen atoms in total. The summed E-state index contributed by atoms with van der Waals surface area (Å²) in [7, 11) is 0. The van der Waals surface area contributed by atoms with Crippen LogP contribution in [0.25, 0.3) is 0 Å². The van der Waals surface area contributed by atoms with E-state index in [2.05, 4.69) is 47.1 Å². The van der Waals surface area contributed by atoms with E-state index in [0.717, 1.165) is 5.56 Å². The van der Waals surface area contributed by atoms with E-state index >= 15 is 0 Å². The molecule has 1 aromatic rings. The van der Waals surface area contributed by atoms with Crippen LogP contribution in [0.4, 0.5) is 0 Å². The summed E-state index contributed by atoms with van der Waals surface area (Å²) in [6.07, 6.45) is 0. The summed E-state index contributed by atoms with van der Waals surface area (Å²) in [5.74, 6) is 6.65. The second-order valence-corrected chi connectivity index (χ2v) is 20.5. The molecular weight excluding hydrogens is 311 g/mol. The molecule has 0 N–H and O–H groups in total. The van der Waals surface area contributed by atoms with Gasteiger partial charge in [-0.3, -0.25) is 0 Å². The summed E-state index contributed by atoms with van der Waals surface area (Å²) < 4.78 is 1.38. The summed E-state index contributed by atoms with van der Waals surface area (Å²) in [6.45, 7) is 8.68. The van der Waals surface area contributed by atoms with Crippen molar-refractivity contribution in [2.45, 2.75) is 28.7 Å². The van der Waals surface area contributed by atoms with Crippen molar-refractivity contribution >= 4 is 18.4 Å². The van der Waals surface area contributed by atoms with Crippen LogP contribution in [-0.4, -0.2) is 18.4 Å². The van der Waals surface area contributed by atoms with Crippen molar-refractivity contribution in [1.29, 1.82) is 0 Å². The first-order chi connectivity index (χ1) is 7.73. The molecule has 0 fully saturated rings. The van der Waals surface area contributed by atoms with Gasteiger partial charge in [0.1, 0.15) is 0 Å². The molecule has 0 aromatic heterocycles. The monoisotopic (exact) mass is 334 g/mol. The number of rotatable bonds is 2. The van der Waals surface area contributed by atoms with Crippen LogP contribution >= 0.6 is 0 Å². The Bertz CT molecular complexity index is 450. The Kier molecular flexibility index (Phi) is 4.49. The molecule has 0 aliphatic heterocycles. The van der Waals surface area contributed by atoms with Gasteiger partial charge in [0.15, 0.2) is 0 Å². The molecule has 1 rings (SSSR count). The molecule has 0 bridgehead atoms. The van der Waals surface area contributed by atoms with Gasteiger partial charge in [0.25, 0.3) is 0 Å². The van der Waals surface area contributed by atoms with Crippen LogP contribution in [0.2, 0.25) is 14.8 Å². The molecule has 0 spiro atoms. The Hall–Kier alpha value is -0.681. The molecule has 0 heterocycles. The van der Waals surface area contributed by atoms with Gasteiger partial charge < -0.3 is 0 Å². The normalized spacial score (nSPS) is 11.6. The van der Waals surface area contributed by atoms with Crippen molar-refractivity contribution in [3.8, 4) is 11.8 Å². The summed E-state index contributed by atoms with van der Waals surface area (Å²) in [4.78, 5) is 7.18.